The van der Waals surface area contributed by atoms with Gasteiger partial charge in [0.2, 0.25) is 5.16 Å². The smallest absolute Gasteiger partial charge is 0.210 e. The number of rotatable bonds is 7. The first-order valence-corrected chi connectivity index (χ1v) is 8.96. The number of aromatic nitrogens is 3. The molecule has 0 aliphatic rings. The molecule has 2 N–H and O–H groups in total. The first kappa shape index (κ1) is 18.3. The van der Waals surface area contributed by atoms with Crippen molar-refractivity contribution in [1.29, 1.82) is 0 Å². The van der Waals surface area contributed by atoms with Gasteiger partial charge in [0.05, 0.1) is 7.11 Å². The molecule has 0 fully saturated rings. The van der Waals surface area contributed by atoms with Crippen molar-refractivity contribution in [2.45, 2.75) is 17.5 Å². The van der Waals surface area contributed by atoms with Crippen LogP contribution in [0.2, 0.25) is 5.02 Å². The lowest BCUT2D eigenvalue weighted by atomic mass is 10.2. The van der Waals surface area contributed by atoms with Crippen LogP contribution >= 0.6 is 23.4 Å². The van der Waals surface area contributed by atoms with Gasteiger partial charge in [0.25, 0.3) is 0 Å². The molecule has 6 nitrogen and oxygen atoms in total. The Kier molecular flexibility index (Phi) is 5.85. The van der Waals surface area contributed by atoms with E-state index in [2.05, 4.69) is 10.2 Å². The molecule has 0 amide bonds. The molecule has 1 heterocycles. The maximum Gasteiger partial charge on any atom is 0.210 e. The fourth-order valence-electron chi connectivity index (χ4n) is 2.15. The number of halogens is 2. The van der Waals surface area contributed by atoms with E-state index in [1.165, 1.54) is 22.5 Å². The third-order valence-electron chi connectivity index (χ3n) is 3.55. The lowest BCUT2D eigenvalue weighted by Crippen LogP contribution is -2.15. The van der Waals surface area contributed by atoms with E-state index in [0.717, 1.165) is 0 Å². The summed E-state index contributed by atoms with van der Waals surface area (Å²) in [5.41, 5.74) is 0.399. The van der Waals surface area contributed by atoms with E-state index in [-0.39, 0.29) is 18.2 Å². The fraction of sp³-hybridized carbons (Fsp3) is 0.176. The van der Waals surface area contributed by atoms with E-state index in [4.69, 9.17) is 26.9 Å². The molecule has 136 valence electrons. The van der Waals surface area contributed by atoms with Crippen LogP contribution in [0.25, 0.3) is 0 Å². The van der Waals surface area contributed by atoms with Crippen molar-refractivity contribution in [2.24, 2.45) is 0 Å². The predicted molar refractivity (Wildman–Crippen MR) is 98.5 cm³/mol. The molecule has 0 bridgehead atoms. The van der Waals surface area contributed by atoms with Crippen molar-refractivity contribution in [3.8, 4) is 11.5 Å². The van der Waals surface area contributed by atoms with Gasteiger partial charge in [0.1, 0.15) is 23.9 Å². The Morgan fingerprint density at radius 3 is 2.73 bits per heavy atom. The molecular weight excluding hydrogens is 379 g/mol. The van der Waals surface area contributed by atoms with Crippen LogP contribution in [0, 0.1) is 5.82 Å². The van der Waals surface area contributed by atoms with Gasteiger partial charge >= 0.3 is 0 Å². The third kappa shape index (κ3) is 4.20. The number of nitrogens with two attached hydrogens (primary N) is 1. The summed E-state index contributed by atoms with van der Waals surface area (Å²) in [4.78, 5) is 0. The van der Waals surface area contributed by atoms with E-state index < -0.39 is 0 Å². The van der Waals surface area contributed by atoms with Crippen LogP contribution in [-0.2, 0) is 12.4 Å². The van der Waals surface area contributed by atoms with Crippen LogP contribution in [0.1, 0.15) is 11.4 Å². The summed E-state index contributed by atoms with van der Waals surface area (Å²) in [6.07, 6.45) is 0. The Morgan fingerprint density at radius 2 is 1.96 bits per heavy atom. The van der Waals surface area contributed by atoms with Crippen LogP contribution < -0.4 is 15.3 Å². The lowest BCUT2D eigenvalue weighted by Gasteiger charge is -2.08. The van der Waals surface area contributed by atoms with Gasteiger partial charge in [-0.1, -0.05) is 35.5 Å². The van der Waals surface area contributed by atoms with Crippen LogP contribution in [0.5, 0.6) is 11.5 Å². The molecule has 1 aromatic heterocycles. The van der Waals surface area contributed by atoms with Crippen molar-refractivity contribution >= 4 is 23.4 Å². The first-order valence-electron chi connectivity index (χ1n) is 7.60. The maximum atomic E-state index is 13.8. The molecule has 0 saturated carbocycles. The number of thioether (sulfide) groups is 1. The number of hydrogen-bond acceptors (Lipinski definition) is 6. The second kappa shape index (κ2) is 8.29. The molecule has 3 aromatic rings. The quantitative estimate of drug-likeness (QED) is 0.487. The van der Waals surface area contributed by atoms with Crippen LogP contribution in [0.3, 0.4) is 0 Å². The van der Waals surface area contributed by atoms with Crippen molar-refractivity contribution in [1.82, 2.24) is 14.9 Å². The highest BCUT2D eigenvalue weighted by atomic mass is 35.5. The Bertz CT molecular complexity index is 886. The summed E-state index contributed by atoms with van der Waals surface area (Å²) < 4.78 is 25.9. The molecule has 26 heavy (non-hydrogen) atoms. The number of benzene rings is 2. The van der Waals surface area contributed by atoms with E-state index in [1.54, 1.807) is 31.4 Å². The Labute approximate surface area is 159 Å². The largest absolute Gasteiger partial charge is 0.497 e. The molecule has 2 aromatic carbocycles. The monoisotopic (exact) mass is 394 g/mol. The first-order chi connectivity index (χ1) is 12.6. The van der Waals surface area contributed by atoms with Crippen LogP contribution in [-0.4, -0.2) is 22.0 Å². The Balaban J connectivity index is 1.64. The van der Waals surface area contributed by atoms with Gasteiger partial charge in [-0.15, -0.1) is 10.2 Å². The Hall–Kier alpha value is -2.45. The molecule has 0 aliphatic heterocycles. The summed E-state index contributed by atoms with van der Waals surface area (Å²) in [6, 6.07) is 11.8. The van der Waals surface area contributed by atoms with E-state index >= 15 is 0 Å². The number of nitrogen functional groups attached to an aromatic ring is 1. The van der Waals surface area contributed by atoms with Gasteiger partial charge in [-0.25, -0.2) is 9.07 Å². The maximum absolute atomic E-state index is 13.8. The number of nitrogens with zero attached hydrogens (tertiary/aromatic N) is 3. The van der Waals surface area contributed by atoms with Gasteiger partial charge in [0.15, 0.2) is 5.82 Å². The highest BCUT2D eigenvalue weighted by molar-refractivity contribution is 7.98. The topological polar surface area (TPSA) is 75.2 Å². The highest BCUT2D eigenvalue weighted by Gasteiger charge is 2.14. The minimum atomic E-state index is -0.366. The number of hydrogen-bond donors (Lipinski definition) is 1. The molecule has 0 radical (unpaired) electrons. The zero-order chi connectivity index (χ0) is 18.5. The third-order valence-corrected chi connectivity index (χ3v) is 4.88. The van der Waals surface area contributed by atoms with Crippen molar-refractivity contribution in [2.75, 3.05) is 13.0 Å². The standard InChI is InChI=1S/C17H16ClFN4O2S/c1-24-11-4-2-5-12(8-11)25-9-16-21-22-17(23(16)20)26-10-13-14(18)6-3-7-15(13)19/h2-8H,9-10,20H2,1H3. The predicted octanol–water partition coefficient (Wildman–Crippen LogP) is 3.66. The number of methoxy groups -OCH3 is 1. The van der Waals surface area contributed by atoms with Gasteiger partial charge < -0.3 is 15.3 Å². The normalized spacial score (nSPS) is 10.7. The average molecular weight is 395 g/mol. The Morgan fingerprint density at radius 1 is 1.19 bits per heavy atom. The molecule has 0 atom stereocenters. The molecule has 3 rings (SSSR count). The molecule has 0 unspecified atom stereocenters. The van der Waals surface area contributed by atoms with Crippen molar-refractivity contribution < 1.29 is 13.9 Å². The summed E-state index contributed by atoms with van der Waals surface area (Å²) in [5.74, 6) is 7.68. The lowest BCUT2D eigenvalue weighted by molar-refractivity contribution is 0.289. The van der Waals surface area contributed by atoms with E-state index in [9.17, 15) is 4.39 Å². The molecule has 0 saturated heterocycles. The molecule has 0 spiro atoms. The van der Waals surface area contributed by atoms with E-state index in [0.29, 0.717) is 33.1 Å². The SMILES string of the molecule is COc1cccc(OCc2nnc(SCc3c(F)cccc3Cl)n2N)c1. The summed E-state index contributed by atoms with van der Waals surface area (Å²) >= 11 is 7.27. The minimum absolute atomic E-state index is 0.137. The molecule has 9 heteroatoms. The van der Waals surface area contributed by atoms with Gasteiger partial charge in [-0.3, -0.25) is 0 Å². The van der Waals surface area contributed by atoms with E-state index in [1.807, 2.05) is 12.1 Å². The second-order valence-electron chi connectivity index (χ2n) is 5.23. The second-order valence-corrected chi connectivity index (χ2v) is 6.58. The highest BCUT2D eigenvalue weighted by Crippen LogP contribution is 2.27. The summed E-state index contributed by atoms with van der Waals surface area (Å²) in [5, 5.41) is 8.83. The fourth-order valence-corrected chi connectivity index (χ4v) is 3.37. The summed E-state index contributed by atoms with van der Waals surface area (Å²) in [7, 11) is 1.58. The summed E-state index contributed by atoms with van der Waals surface area (Å²) in [6.45, 7) is 0.137. The van der Waals surface area contributed by atoms with Crippen molar-refractivity contribution in [3.63, 3.8) is 0 Å². The van der Waals surface area contributed by atoms with Crippen LogP contribution in [0.4, 0.5) is 4.39 Å². The van der Waals surface area contributed by atoms with Crippen LogP contribution in [0.15, 0.2) is 47.6 Å². The van der Waals surface area contributed by atoms with Crippen molar-refractivity contribution in [3.05, 3.63) is 64.7 Å². The zero-order valence-electron chi connectivity index (χ0n) is 13.9. The molecule has 0 aliphatic carbocycles. The zero-order valence-corrected chi connectivity index (χ0v) is 15.4. The van der Waals surface area contributed by atoms with Gasteiger partial charge in [0, 0.05) is 22.4 Å². The molecular formula is C17H16ClFN4O2S. The van der Waals surface area contributed by atoms with Gasteiger partial charge in [-0.2, -0.15) is 0 Å². The van der Waals surface area contributed by atoms with Gasteiger partial charge in [-0.05, 0) is 24.3 Å². The minimum Gasteiger partial charge on any atom is -0.497 e. The number of ether oxygens (including phenoxy) is 2. The average Bonchev–Trinajstić information content (AvgIpc) is 3.00.